The SMILES string of the molecule is CC(NC(=O)N1CCCC1(C)C(=O)O)c1nn[nH]n1. The fraction of sp³-hybridized carbons (Fsp3) is 0.700. The quantitative estimate of drug-likeness (QED) is 0.703. The Hall–Kier alpha value is -2.19. The summed E-state index contributed by atoms with van der Waals surface area (Å²) in [6.07, 6.45) is 1.12. The molecule has 0 spiro atoms. The van der Waals surface area contributed by atoms with Gasteiger partial charge in [0.25, 0.3) is 0 Å². The lowest BCUT2D eigenvalue weighted by atomic mass is 10.00. The molecule has 9 nitrogen and oxygen atoms in total. The topological polar surface area (TPSA) is 124 Å². The van der Waals surface area contributed by atoms with Gasteiger partial charge in [0, 0.05) is 6.54 Å². The molecule has 0 radical (unpaired) electrons. The number of carbonyl (C=O) groups excluding carboxylic acids is 1. The zero-order chi connectivity index (χ0) is 14.0. The Kier molecular flexibility index (Phi) is 3.36. The molecule has 1 aliphatic heterocycles. The molecule has 19 heavy (non-hydrogen) atoms. The molecule has 2 rings (SSSR count). The van der Waals surface area contributed by atoms with Gasteiger partial charge < -0.3 is 15.3 Å². The van der Waals surface area contributed by atoms with E-state index in [1.165, 1.54) is 4.90 Å². The first-order chi connectivity index (χ1) is 8.95. The highest BCUT2D eigenvalue weighted by Crippen LogP contribution is 2.29. The number of nitrogens with one attached hydrogen (secondary N) is 2. The number of hydrogen-bond donors (Lipinski definition) is 3. The van der Waals surface area contributed by atoms with Crippen LogP contribution in [0.1, 0.15) is 38.6 Å². The zero-order valence-corrected chi connectivity index (χ0v) is 10.8. The van der Waals surface area contributed by atoms with Crippen molar-refractivity contribution in [3.05, 3.63) is 5.82 Å². The maximum atomic E-state index is 12.1. The number of carbonyl (C=O) groups is 2. The van der Waals surface area contributed by atoms with Crippen LogP contribution < -0.4 is 5.32 Å². The van der Waals surface area contributed by atoms with Gasteiger partial charge in [0.2, 0.25) is 0 Å². The third kappa shape index (κ3) is 2.35. The van der Waals surface area contributed by atoms with E-state index < -0.39 is 23.6 Å². The smallest absolute Gasteiger partial charge is 0.329 e. The molecule has 2 unspecified atom stereocenters. The average Bonchev–Trinajstić information content (AvgIpc) is 2.97. The maximum absolute atomic E-state index is 12.1. The number of carboxylic acids is 1. The highest BCUT2D eigenvalue weighted by Gasteiger charge is 2.46. The summed E-state index contributed by atoms with van der Waals surface area (Å²) in [5.41, 5.74) is -1.15. The lowest BCUT2D eigenvalue weighted by molar-refractivity contribution is -0.147. The van der Waals surface area contributed by atoms with E-state index in [4.69, 9.17) is 0 Å². The monoisotopic (exact) mass is 268 g/mol. The number of likely N-dealkylation sites (tertiary alicyclic amines) is 1. The molecular formula is C10H16N6O3. The van der Waals surface area contributed by atoms with E-state index in [0.717, 1.165) is 0 Å². The van der Waals surface area contributed by atoms with Crippen molar-refractivity contribution in [1.82, 2.24) is 30.8 Å². The number of tetrazole rings is 1. The molecule has 2 amide bonds. The minimum atomic E-state index is -1.15. The number of aromatic nitrogens is 4. The van der Waals surface area contributed by atoms with Crippen molar-refractivity contribution in [2.45, 2.75) is 38.3 Å². The molecule has 104 valence electrons. The Morgan fingerprint density at radius 3 is 2.89 bits per heavy atom. The number of aliphatic carboxylic acids is 1. The number of hydrogen-bond acceptors (Lipinski definition) is 5. The van der Waals surface area contributed by atoms with Crippen molar-refractivity contribution in [1.29, 1.82) is 0 Å². The van der Waals surface area contributed by atoms with E-state index in [1.54, 1.807) is 13.8 Å². The molecular weight excluding hydrogens is 252 g/mol. The van der Waals surface area contributed by atoms with Crippen LogP contribution in [0.4, 0.5) is 4.79 Å². The van der Waals surface area contributed by atoms with Gasteiger partial charge in [0.05, 0.1) is 6.04 Å². The predicted octanol–water partition coefficient (Wildman–Crippen LogP) is -0.0906. The standard InChI is InChI=1S/C10H16N6O3/c1-6(7-12-14-15-13-7)11-9(19)16-5-3-4-10(16,2)8(17)18/h6H,3-5H2,1-2H3,(H,11,19)(H,17,18)(H,12,13,14,15). The van der Waals surface area contributed by atoms with E-state index >= 15 is 0 Å². The van der Waals surface area contributed by atoms with E-state index in [0.29, 0.717) is 25.2 Å². The predicted molar refractivity (Wildman–Crippen MR) is 63.1 cm³/mol. The largest absolute Gasteiger partial charge is 0.480 e. The summed E-state index contributed by atoms with van der Waals surface area (Å²) in [6.45, 7) is 3.69. The Balaban J connectivity index is 2.06. The summed E-state index contributed by atoms with van der Waals surface area (Å²) >= 11 is 0. The highest BCUT2D eigenvalue weighted by atomic mass is 16.4. The normalized spacial score (nSPS) is 24.2. The second-order valence-corrected chi connectivity index (χ2v) is 4.78. The van der Waals surface area contributed by atoms with Crippen molar-refractivity contribution in [3.63, 3.8) is 0 Å². The van der Waals surface area contributed by atoms with Gasteiger partial charge in [-0.3, -0.25) is 0 Å². The Bertz CT molecular complexity index is 476. The minimum Gasteiger partial charge on any atom is -0.480 e. The van der Waals surface area contributed by atoms with Crippen LogP contribution in [-0.4, -0.2) is 54.7 Å². The molecule has 0 bridgehead atoms. The summed E-state index contributed by atoms with van der Waals surface area (Å²) < 4.78 is 0. The number of rotatable bonds is 3. The Morgan fingerprint density at radius 2 is 2.32 bits per heavy atom. The number of carboxylic acid groups (broad SMARTS) is 1. The van der Waals surface area contributed by atoms with Gasteiger partial charge in [-0.05, 0) is 26.7 Å². The Morgan fingerprint density at radius 1 is 1.58 bits per heavy atom. The lowest BCUT2D eigenvalue weighted by Gasteiger charge is -2.31. The van der Waals surface area contributed by atoms with Crippen molar-refractivity contribution in [2.24, 2.45) is 0 Å². The van der Waals surface area contributed by atoms with E-state index in [9.17, 15) is 14.7 Å². The molecule has 2 heterocycles. The number of urea groups is 1. The first kappa shape index (κ1) is 13.2. The first-order valence-corrected chi connectivity index (χ1v) is 6.00. The second kappa shape index (κ2) is 4.82. The second-order valence-electron chi connectivity index (χ2n) is 4.78. The maximum Gasteiger partial charge on any atom is 0.329 e. The van der Waals surface area contributed by atoms with Crippen molar-refractivity contribution < 1.29 is 14.7 Å². The van der Waals surface area contributed by atoms with E-state index in [2.05, 4.69) is 25.9 Å². The van der Waals surface area contributed by atoms with Crippen LogP contribution in [0.5, 0.6) is 0 Å². The lowest BCUT2D eigenvalue weighted by Crippen LogP contribution is -2.54. The molecule has 1 aromatic heterocycles. The third-order valence-electron chi connectivity index (χ3n) is 3.44. The molecule has 1 fully saturated rings. The van der Waals surface area contributed by atoms with Gasteiger partial charge in [-0.15, -0.1) is 10.2 Å². The molecule has 0 saturated carbocycles. The third-order valence-corrected chi connectivity index (χ3v) is 3.44. The minimum absolute atomic E-state index is 0.351. The molecule has 1 aromatic rings. The van der Waals surface area contributed by atoms with Crippen LogP contribution in [0, 0.1) is 0 Å². The molecule has 0 aromatic carbocycles. The first-order valence-electron chi connectivity index (χ1n) is 6.00. The molecule has 3 N–H and O–H groups in total. The summed E-state index contributed by atoms with van der Waals surface area (Å²) in [6, 6.07) is -0.871. The number of aromatic amines is 1. The molecule has 1 saturated heterocycles. The van der Waals surface area contributed by atoms with Crippen LogP contribution in [0.2, 0.25) is 0 Å². The fourth-order valence-electron chi connectivity index (χ4n) is 2.19. The van der Waals surface area contributed by atoms with Crippen molar-refractivity contribution in [2.75, 3.05) is 6.54 Å². The summed E-state index contributed by atoms with van der Waals surface area (Å²) in [7, 11) is 0. The van der Waals surface area contributed by atoms with Crippen LogP contribution in [0.3, 0.4) is 0 Å². The van der Waals surface area contributed by atoms with Crippen LogP contribution >= 0.6 is 0 Å². The Labute approximate surface area is 109 Å². The summed E-state index contributed by atoms with van der Waals surface area (Å²) in [4.78, 5) is 24.8. The molecule has 9 heteroatoms. The summed E-state index contributed by atoms with van der Waals surface area (Å²) in [5, 5.41) is 25.2. The van der Waals surface area contributed by atoms with Crippen LogP contribution in [0.25, 0.3) is 0 Å². The fourth-order valence-corrected chi connectivity index (χ4v) is 2.19. The van der Waals surface area contributed by atoms with E-state index in [1.807, 2.05) is 0 Å². The van der Waals surface area contributed by atoms with Crippen molar-refractivity contribution >= 4 is 12.0 Å². The number of amides is 2. The van der Waals surface area contributed by atoms with Crippen molar-refractivity contribution in [3.8, 4) is 0 Å². The van der Waals surface area contributed by atoms with Gasteiger partial charge in [-0.2, -0.15) is 5.21 Å². The van der Waals surface area contributed by atoms with Gasteiger partial charge in [-0.25, -0.2) is 9.59 Å². The van der Waals surface area contributed by atoms with Crippen LogP contribution in [0.15, 0.2) is 0 Å². The molecule has 1 aliphatic rings. The highest BCUT2D eigenvalue weighted by molar-refractivity contribution is 5.86. The van der Waals surface area contributed by atoms with Gasteiger partial charge >= 0.3 is 12.0 Å². The van der Waals surface area contributed by atoms with Crippen LogP contribution in [-0.2, 0) is 4.79 Å². The van der Waals surface area contributed by atoms with Gasteiger partial charge in [-0.1, -0.05) is 5.21 Å². The molecule has 2 atom stereocenters. The number of H-pyrrole nitrogens is 1. The number of nitrogens with zero attached hydrogens (tertiary/aromatic N) is 4. The molecule has 0 aliphatic carbocycles. The average molecular weight is 268 g/mol. The van der Waals surface area contributed by atoms with E-state index in [-0.39, 0.29) is 0 Å². The van der Waals surface area contributed by atoms with Gasteiger partial charge in [0.15, 0.2) is 5.82 Å². The zero-order valence-electron chi connectivity index (χ0n) is 10.8. The summed E-state index contributed by atoms with van der Waals surface area (Å²) in [5.74, 6) is -0.642. The van der Waals surface area contributed by atoms with Gasteiger partial charge in [0.1, 0.15) is 5.54 Å².